The van der Waals surface area contributed by atoms with Crippen LogP contribution in [-0.4, -0.2) is 37.6 Å². The Morgan fingerprint density at radius 1 is 1.52 bits per heavy atom. The normalized spacial score (nSPS) is 17.4. The number of allylic oxidation sites excluding steroid dienone is 1. The summed E-state index contributed by atoms with van der Waals surface area (Å²) < 4.78 is 8.35. The summed E-state index contributed by atoms with van der Waals surface area (Å²) in [7, 11) is 1.36. The quantitative estimate of drug-likeness (QED) is 0.846. The summed E-state index contributed by atoms with van der Waals surface area (Å²) in [6, 6.07) is 1.44. The van der Waals surface area contributed by atoms with Crippen molar-refractivity contribution in [2.45, 2.75) is 26.4 Å². The van der Waals surface area contributed by atoms with Crippen molar-refractivity contribution in [1.29, 1.82) is 0 Å². The predicted octanol–water partition coefficient (Wildman–Crippen LogP) is 0.956. The molecule has 21 heavy (non-hydrogen) atoms. The zero-order valence-corrected chi connectivity index (χ0v) is 12.1. The molecule has 2 aromatic heterocycles. The van der Waals surface area contributed by atoms with Crippen LogP contribution in [0, 0.1) is 0 Å². The number of hydrogen-bond donors (Lipinski definition) is 1. The van der Waals surface area contributed by atoms with Crippen molar-refractivity contribution in [3.8, 4) is 0 Å². The second kappa shape index (κ2) is 5.04. The number of aromatic nitrogens is 5. The zero-order chi connectivity index (χ0) is 15.0. The second-order valence-corrected chi connectivity index (χ2v) is 4.68. The summed E-state index contributed by atoms with van der Waals surface area (Å²) in [4.78, 5) is 16.3. The molecule has 2 aromatic rings. The monoisotopic (exact) mass is 288 g/mol. The Hall–Kier alpha value is -2.64. The number of esters is 1. The Morgan fingerprint density at radius 2 is 2.33 bits per heavy atom. The molecule has 8 nitrogen and oxygen atoms in total. The molecule has 3 heterocycles. The van der Waals surface area contributed by atoms with Crippen molar-refractivity contribution in [3.63, 3.8) is 0 Å². The first-order valence-electron chi connectivity index (χ1n) is 6.64. The number of nitrogens with one attached hydrogen (secondary N) is 1. The largest absolute Gasteiger partial charge is 0.466 e. The van der Waals surface area contributed by atoms with Crippen LogP contribution in [-0.2, 0) is 16.1 Å². The molecule has 0 bridgehead atoms. The number of ether oxygens (including phenoxy) is 1. The highest BCUT2D eigenvalue weighted by molar-refractivity contribution is 5.92. The molecule has 0 saturated carbocycles. The van der Waals surface area contributed by atoms with Crippen LogP contribution in [0.5, 0.6) is 0 Å². The molecule has 0 aromatic carbocycles. The maximum atomic E-state index is 12.2. The Morgan fingerprint density at radius 3 is 3.00 bits per heavy atom. The van der Waals surface area contributed by atoms with E-state index in [4.69, 9.17) is 4.74 Å². The van der Waals surface area contributed by atoms with Crippen LogP contribution >= 0.6 is 0 Å². The van der Waals surface area contributed by atoms with Crippen LogP contribution < -0.4 is 5.32 Å². The molecule has 0 fully saturated rings. The number of anilines is 1. The fraction of sp³-hybridized carbons (Fsp3) is 0.385. The van der Waals surface area contributed by atoms with Crippen molar-refractivity contribution in [3.05, 3.63) is 35.6 Å². The number of aryl methyl sites for hydroxylation is 1. The van der Waals surface area contributed by atoms with Gasteiger partial charge in [-0.15, -0.1) is 0 Å². The topological polar surface area (TPSA) is 86.9 Å². The van der Waals surface area contributed by atoms with Gasteiger partial charge in [-0.05, 0) is 19.9 Å². The first kappa shape index (κ1) is 13.3. The minimum Gasteiger partial charge on any atom is -0.466 e. The van der Waals surface area contributed by atoms with Crippen LogP contribution in [0.25, 0.3) is 0 Å². The highest BCUT2D eigenvalue weighted by Crippen LogP contribution is 2.34. The molecule has 0 amide bonds. The molecule has 0 spiro atoms. The number of rotatable bonds is 3. The average molecular weight is 288 g/mol. The van der Waals surface area contributed by atoms with Gasteiger partial charge in [0.25, 0.3) is 0 Å². The van der Waals surface area contributed by atoms with Gasteiger partial charge in [0.1, 0.15) is 12.4 Å². The second-order valence-electron chi connectivity index (χ2n) is 4.68. The van der Waals surface area contributed by atoms with E-state index in [-0.39, 0.29) is 0 Å². The van der Waals surface area contributed by atoms with Crippen molar-refractivity contribution >= 4 is 11.9 Å². The van der Waals surface area contributed by atoms with Gasteiger partial charge < -0.3 is 10.1 Å². The van der Waals surface area contributed by atoms with Gasteiger partial charge in [-0.2, -0.15) is 15.2 Å². The minimum atomic E-state index is -0.441. The van der Waals surface area contributed by atoms with E-state index in [9.17, 15) is 4.79 Å². The van der Waals surface area contributed by atoms with Crippen LogP contribution in [0.4, 0.5) is 5.95 Å². The van der Waals surface area contributed by atoms with E-state index in [2.05, 4.69) is 20.5 Å². The van der Waals surface area contributed by atoms with Gasteiger partial charge in [-0.3, -0.25) is 4.68 Å². The third-order valence-electron chi connectivity index (χ3n) is 3.47. The molecule has 1 aliphatic heterocycles. The predicted molar refractivity (Wildman–Crippen MR) is 74.4 cm³/mol. The van der Waals surface area contributed by atoms with Crippen molar-refractivity contribution in [2.75, 3.05) is 12.4 Å². The van der Waals surface area contributed by atoms with Crippen molar-refractivity contribution in [1.82, 2.24) is 24.5 Å². The van der Waals surface area contributed by atoms with Gasteiger partial charge in [0.05, 0.1) is 18.4 Å². The summed E-state index contributed by atoms with van der Waals surface area (Å²) >= 11 is 0. The lowest BCUT2D eigenvalue weighted by molar-refractivity contribution is -0.136. The molecule has 0 aliphatic carbocycles. The molecule has 3 rings (SSSR count). The van der Waals surface area contributed by atoms with Crippen LogP contribution in [0.3, 0.4) is 0 Å². The number of methoxy groups -OCH3 is 1. The lowest BCUT2D eigenvalue weighted by Crippen LogP contribution is -2.29. The molecule has 110 valence electrons. The average Bonchev–Trinajstić information content (AvgIpc) is 3.13. The summed E-state index contributed by atoms with van der Waals surface area (Å²) in [6.45, 7) is 4.57. The number of carbonyl (C=O) groups excluding carboxylic acids is 1. The molecule has 0 radical (unpaired) electrons. The molecular weight excluding hydrogens is 272 g/mol. The zero-order valence-electron chi connectivity index (χ0n) is 12.1. The first-order chi connectivity index (χ1) is 10.2. The Balaban J connectivity index is 2.15. The van der Waals surface area contributed by atoms with Gasteiger partial charge in [0, 0.05) is 18.4 Å². The van der Waals surface area contributed by atoms with E-state index < -0.39 is 12.0 Å². The van der Waals surface area contributed by atoms with Gasteiger partial charge in [0.2, 0.25) is 5.95 Å². The molecule has 1 atom stereocenters. The highest BCUT2D eigenvalue weighted by atomic mass is 16.5. The van der Waals surface area contributed by atoms with Crippen molar-refractivity contribution < 1.29 is 9.53 Å². The van der Waals surface area contributed by atoms with E-state index >= 15 is 0 Å². The van der Waals surface area contributed by atoms with E-state index in [0.29, 0.717) is 17.2 Å². The number of fused-ring (bicyclic) bond motifs is 1. The minimum absolute atomic E-state index is 0.405. The summed E-state index contributed by atoms with van der Waals surface area (Å²) in [5.41, 5.74) is 1.90. The molecular formula is C13H16N6O2. The maximum absolute atomic E-state index is 12.2. The van der Waals surface area contributed by atoms with E-state index in [1.165, 1.54) is 13.4 Å². The smallest absolute Gasteiger partial charge is 0.338 e. The van der Waals surface area contributed by atoms with Crippen LogP contribution in [0.2, 0.25) is 0 Å². The Bertz CT molecular complexity index is 714. The summed E-state index contributed by atoms with van der Waals surface area (Å²) in [5.74, 6) is 0.174. The SMILES string of the molecule is CCn1ccc([C@H]2C(C(=O)OC)=C(C)Nc3ncnn32)n1. The lowest BCUT2D eigenvalue weighted by Gasteiger charge is -2.26. The summed E-state index contributed by atoms with van der Waals surface area (Å²) in [6.07, 6.45) is 3.32. The van der Waals surface area contributed by atoms with Gasteiger partial charge in [-0.25, -0.2) is 9.48 Å². The van der Waals surface area contributed by atoms with E-state index in [0.717, 1.165) is 12.2 Å². The van der Waals surface area contributed by atoms with Gasteiger partial charge in [-0.1, -0.05) is 0 Å². The Labute approximate surface area is 121 Å². The van der Waals surface area contributed by atoms with E-state index in [1.54, 1.807) is 9.36 Å². The number of hydrogen-bond acceptors (Lipinski definition) is 6. The molecule has 1 aliphatic rings. The fourth-order valence-corrected chi connectivity index (χ4v) is 2.44. The van der Waals surface area contributed by atoms with Gasteiger partial charge in [0.15, 0.2) is 0 Å². The fourth-order valence-electron chi connectivity index (χ4n) is 2.44. The summed E-state index contributed by atoms with van der Waals surface area (Å²) in [5, 5.41) is 11.8. The molecule has 0 saturated heterocycles. The van der Waals surface area contributed by atoms with Crippen LogP contribution in [0.1, 0.15) is 25.6 Å². The van der Waals surface area contributed by atoms with Gasteiger partial charge >= 0.3 is 5.97 Å². The maximum Gasteiger partial charge on any atom is 0.338 e. The standard InChI is InChI=1S/C13H16N6O2/c1-4-18-6-5-9(17-18)11-10(12(20)21-3)8(2)16-13-14-7-15-19(11)13/h5-7,11H,4H2,1-3H3,(H,14,15,16)/t11-/m0/s1. The van der Waals surface area contributed by atoms with Crippen LogP contribution in [0.15, 0.2) is 29.9 Å². The molecule has 8 heteroatoms. The third kappa shape index (κ3) is 2.08. The first-order valence-corrected chi connectivity index (χ1v) is 6.64. The molecule has 0 unspecified atom stereocenters. The lowest BCUT2D eigenvalue weighted by atomic mass is 10.0. The number of carbonyl (C=O) groups is 1. The third-order valence-corrected chi connectivity index (χ3v) is 3.47. The number of nitrogens with zero attached hydrogens (tertiary/aromatic N) is 5. The van der Waals surface area contributed by atoms with E-state index in [1.807, 2.05) is 26.1 Å². The van der Waals surface area contributed by atoms with Crippen molar-refractivity contribution in [2.24, 2.45) is 0 Å². The highest BCUT2D eigenvalue weighted by Gasteiger charge is 2.35. The Kier molecular flexibility index (Phi) is 3.20. The molecule has 1 N–H and O–H groups in total.